The highest BCUT2D eigenvalue weighted by molar-refractivity contribution is 8.00. The number of benzene rings is 1. The Morgan fingerprint density at radius 3 is 2.89 bits per heavy atom. The SMILES string of the molecule is C[C@@H](Sc1nnc([C@@H]2COc3ccccc3O2)n1C)C(=O)NCc1ccco1. The maximum Gasteiger partial charge on any atom is 0.233 e. The van der Waals surface area contributed by atoms with E-state index >= 15 is 0 Å². The molecule has 4 rings (SSSR count). The number of hydrogen-bond donors (Lipinski definition) is 1. The number of amides is 1. The molecule has 0 saturated carbocycles. The van der Waals surface area contributed by atoms with Crippen molar-refractivity contribution in [2.45, 2.75) is 30.0 Å². The molecule has 28 heavy (non-hydrogen) atoms. The van der Waals surface area contributed by atoms with E-state index in [1.807, 2.05) is 48.9 Å². The van der Waals surface area contributed by atoms with Crippen molar-refractivity contribution in [1.82, 2.24) is 20.1 Å². The highest BCUT2D eigenvalue weighted by atomic mass is 32.2. The molecule has 1 aliphatic heterocycles. The summed E-state index contributed by atoms with van der Waals surface area (Å²) in [7, 11) is 1.86. The summed E-state index contributed by atoms with van der Waals surface area (Å²) in [5.74, 6) is 2.66. The molecule has 2 atom stereocenters. The van der Waals surface area contributed by atoms with Gasteiger partial charge >= 0.3 is 0 Å². The highest BCUT2D eigenvalue weighted by Gasteiger charge is 2.28. The molecule has 8 nitrogen and oxygen atoms in total. The lowest BCUT2D eigenvalue weighted by molar-refractivity contribution is -0.120. The van der Waals surface area contributed by atoms with Crippen molar-refractivity contribution in [1.29, 1.82) is 0 Å². The summed E-state index contributed by atoms with van der Waals surface area (Å²) in [6.45, 7) is 2.53. The van der Waals surface area contributed by atoms with Crippen molar-refractivity contribution in [3.05, 3.63) is 54.2 Å². The lowest BCUT2D eigenvalue weighted by Crippen LogP contribution is -2.30. The maximum atomic E-state index is 12.3. The van der Waals surface area contributed by atoms with Crippen LogP contribution in [0.5, 0.6) is 11.5 Å². The fourth-order valence-corrected chi connectivity index (χ4v) is 3.64. The number of fused-ring (bicyclic) bond motifs is 1. The number of hydrogen-bond acceptors (Lipinski definition) is 7. The van der Waals surface area contributed by atoms with E-state index in [0.717, 1.165) is 5.75 Å². The van der Waals surface area contributed by atoms with Gasteiger partial charge in [0.1, 0.15) is 12.4 Å². The smallest absolute Gasteiger partial charge is 0.233 e. The second kappa shape index (κ2) is 7.97. The summed E-state index contributed by atoms with van der Waals surface area (Å²) in [5.41, 5.74) is 0. The third-order valence-electron chi connectivity index (χ3n) is 4.33. The van der Waals surface area contributed by atoms with Gasteiger partial charge in [-0.15, -0.1) is 10.2 Å². The fraction of sp³-hybridized carbons (Fsp3) is 0.316. The lowest BCUT2D eigenvalue weighted by Gasteiger charge is -2.25. The van der Waals surface area contributed by atoms with Gasteiger partial charge in [-0.2, -0.15) is 0 Å². The first-order chi connectivity index (χ1) is 13.6. The van der Waals surface area contributed by atoms with E-state index in [9.17, 15) is 4.79 Å². The monoisotopic (exact) mass is 400 g/mol. The number of furan rings is 1. The van der Waals surface area contributed by atoms with E-state index < -0.39 is 0 Å². The molecule has 1 N–H and O–H groups in total. The van der Waals surface area contributed by atoms with Crippen molar-refractivity contribution in [2.75, 3.05) is 6.61 Å². The van der Waals surface area contributed by atoms with Gasteiger partial charge in [-0.05, 0) is 31.2 Å². The normalized spacial score (nSPS) is 16.6. The second-order valence-electron chi connectivity index (χ2n) is 6.32. The molecule has 146 valence electrons. The number of nitrogens with one attached hydrogen (secondary N) is 1. The summed E-state index contributed by atoms with van der Waals surface area (Å²) >= 11 is 1.34. The van der Waals surface area contributed by atoms with Gasteiger partial charge in [-0.25, -0.2) is 0 Å². The third-order valence-corrected chi connectivity index (χ3v) is 5.47. The summed E-state index contributed by atoms with van der Waals surface area (Å²) in [6, 6.07) is 11.1. The van der Waals surface area contributed by atoms with Gasteiger partial charge in [0.05, 0.1) is 18.1 Å². The average Bonchev–Trinajstić information content (AvgIpc) is 3.36. The number of carbonyl (C=O) groups excluding carboxylic acids is 1. The van der Waals surface area contributed by atoms with Crippen molar-refractivity contribution >= 4 is 17.7 Å². The quantitative estimate of drug-likeness (QED) is 0.636. The van der Waals surface area contributed by atoms with E-state index in [-0.39, 0.29) is 17.3 Å². The van der Waals surface area contributed by atoms with Crippen LogP contribution in [0.25, 0.3) is 0 Å². The standard InChI is InChI=1S/C19H20N4O4S/c1-12(18(24)20-10-13-6-5-9-25-13)28-19-22-21-17(23(19)2)16-11-26-14-7-3-4-8-15(14)27-16/h3-9,12,16H,10-11H2,1-2H3,(H,20,24)/t12-,16+/m1/s1. The van der Waals surface area contributed by atoms with Crippen LogP contribution in [-0.4, -0.2) is 32.5 Å². The number of nitrogens with zero attached hydrogens (tertiary/aromatic N) is 3. The minimum absolute atomic E-state index is 0.0999. The minimum atomic E-state index is -0.357. The summed E-state index contributed by atoms with van der Waals surface area (Å²) in [6.07, 6.45) is 1.22. The van der Waals surface area contributed by atoms with Crippen molar-refractivity contribution in [3.8, 4) is 11.5 Å². The first-order valence-corrected chi connectivity index (χ1v) is 9.74. The molecule has 1 aromatic carbocycles. The maximum absolute atomic E-state index is 12.3. The zero-order valence-electron chi connectivity index (χ0n) is 15.5. The van der Waals surface area contributed by atoms with Crippen LogP contribution in [0.3, 0.4) is 0 Å². The summed E-state index contributed by atoms with van der Waals surface area (Å²) < 4.78 is 18.8. The van der Waals surface area contributed by atoms with Gasteiger partial charge in [-0.3, -0.25) is 4.79 Å². The molecule has 9 heteroatoms. The molecular weight excluding hydrogens is 380 g/mol. The topological polar surface area (TPSA) is 91.4 Å². The van der Waals surface area contributed by atoms with Crippen LogP contribution in [0.1, 0.15) is 24.6 Å². The predicted molar refractivity (Wildman–Crippen MR) is 102 cm³/mol. The number of ether oxygens (including phenoxy) is 2. The van der Waals surface area contributed by atoms with E-state index in [4.69, 9.17) is 13.9 Å². The van der Waals surface area contributed by atoms with Gasteiger partial charge in [0.15, 0.2) is 28.6 Å². The largest absolute Gasteiger partial charge is 0.485 e. The first-order valence-electron chi connectivity index (χ1n) is 8.86. The van der Waals surface area contributed by atoms with Crippen LogP contribution in [0.4, 0.5) is 0 Å². The molecule has 0 radical (unpaired) electrons. The molecule has 3 heterocycles. The molecule has 0 fully saturated rings. The van der Waals surface area contributed by atoms with E-state index in [2.05, 4.69) is 15.5 Å². The van der Waals surface area contributed by atoms with Gasteiger partial charge in [0.25, 0.3) is 0 Å². The number of thioether (sulfide) groups is 1. The van der Waals surface area contributed by atoms with Crippen LogP contribution >= 0.6 is 11.8 Å². The molecular formula is C19H20N4O4S. The van der Waals surface area contributed by atoms with Crippen molar-refractivity contribution in [2.24, 2.45) is 7.05 Å². The molecule has 1 amide bonds. The van der Waals surface area contributed by atoms with Gasteiger partial charge in [0, 0.05) is 7.05 Å². The van der Waals surface area contributed by atoms with Gasteiger partial charge in [-0.1, -0.05) is 23.9 Å². The van der Waals surface area contributed by atoms with Crippen LogP contribution < -0.4 is 14.8 Å². The van der Waals surface area contributed by atoms with Crippen molar-refractivity contribution in [3.63, 3.8) is 0 Å². The lowest BCUT2D eigenvalue weighted by atomic mass is 10.2. The molecule has 3 aromatic rings. The Bertz CT molecular complexity index is 957. The Balaban J connectivity index is 1.39. The van der Waals surface area contributed by atoms with E-state index in [1.54, 1.807) is 12.3 Å². The first kappa shape index (κ1) is 18.4. The zero-order valence-corrected chi connectivity index (χ0v) is 16.3. The number of aromatic nitrogens is 3. The summed E-state index contributed by atoms with van der Waals surface area (Å²) in [5, 5.41) is 11.6. The van der Waals surface area contributed by atoms with Crippen LogP contribution in [-0.2, 0) is 18.4 Å². The minimum Gasteiger partial charge on any atom is -0.485 e. The van der Waals surface area contributed by atoms with E-state index in [0.29, 0.717) is 35.6 Å². The van der Waals surface area contributed by atoms with Gasteiger partial charge in [0.2, 0.25) is 5.91 Å². The Labute approximate surface area is 166 Å². The fourth-order valence-electron chi connectivity index (χ4n) is 2.80. The molecule has 0 bridgehead atoms. The summed E-state index contributed by atoms with van der Waals surface area (Å²) in [4.78, 5) is 12.3. The second-order valence-corrected chi connectivity index (χ2v) is 7.63. The molecule has 0 aliphatic carbocycles. The third kappa shape index (κ3) is 3.84. The Hall–Kier alpha value is -2.94. The molecule has 0 spiro atoms. The Kier molecular flexibility index (Phi) is 5.25. The average molecular weight is 400 g/mol. The zero-order chi connectivity index (χ0) is 19.5. The number of para-hydroxylation sites is 2. The van der Waals surface area contributed by atoms with Crippen LogP contribution in [0, 0.1) is 0 Å². The van der Waals surface area contributed by atoms with Crippen LogP contribution in [0.2, 0.25) is 0 Å². The molecule has 2 aromatic heterocycles. The highest BCUT2D eigenvalue weighted by Crippen LogP contribution is 2.36. The Morgan fingerprint density at radius 1 is 1.29 bits per heavy atom. The predicted octanol–water partition coefficient (Wildman–Crippen LogP) is 2.72. The van der Waals surface area contributed by atoms with Crippen molar-refractivity contribution < 1.29 is 18.7 Å². The molecule has 1 aliphatic rings. The Morgan fingerprint density at radius 2 is 2.11 bits per heavy atom. The van der Waals surface area contributed by atoms with E-state index in [1.165, 1.54) is 11.8 Å². The number of carbonyl (C=O) groups is 1. The molecule has 0 saturated heterocycles. The van der Waals surface area contributed by atoms with Gasteiger partial charge < -0.3 is 23.8 Å². The molecule has 0 unspecified atom stereocenters. The number of rotatable bonds is 6. The van der Waals surface area contributed by atoms with Crippen LogP contribution in [0.15, 0.2) is 52.2 Å².